The number of benzene rings is 1. The van der Waals surface area contributed by atoms with E-state index in [9.17, 15) is 0 Å². The molecule has 0 saturated carbocycles. The highest BCUT2D eigenvalue weighted by atomic mass is 35.5. The minimum atomic E-state index is 0.435. The largest absolute Gasteiger partial charge is 0.368 e. The zero-order chi connectivity index (χ0) is 20.2. The van der Waals surface area contributed by atoms with Crippen molar-refractivity contribution in [1.82, 2.24) is 19.9 Å². The van der Waals surface area contributed by atoms with Crippen LogP contribution in [0, 0.1) is 6.92 Å². The summed E-state index contributed by atoms with van der Waals surface area (Å²) >= 11 is 6.28. The van der Waals surface area contributed by atoms with Crippen molar-refractivity contribution in [2.24, 2.45) is 0 Å². The Kier molecular flexibility index (Phi) is 5.78. The standard InChI is InChI=1S/C21H24ClN7/c1-15-5-3-4-6-18(15)25-20-17(22)14-24-21(27-20)26-19-8-7-16(13-23-19)29-11-9-28(2)10-12-29/h3-8,13-14H,9-12H2,1-2H3,(H2,23,24,25,26,27). The molecule has 8 heteroatoms. The molecular weight excluding hydrogens is 386 g/mol. The monoisotopic (exact) mass is 409 g/mol. The minimum Gasteiger partial charge on any atom is -0.368 e. The van der Waals surface area contributed by atoms with Crippen LogP contribution in [0.25, 0.3) is 0 Å². The first kappa shape index (κ1) is 19.4. The van der Waals surface area contributed by atoms with Crippen molar-refractivity contribution in [3.8, 4) is 0 Å². The van der Waals surface area contributed by atoms with E-state index in [1.54, 1.807) is 6.20 Å². The molecule has 0 radical (unpaired) electrons. The molecule has 1 aromatic carbocycles. The van der Waals surface area contributed by atoms with E-state index >= 15 is 0 Å². The van der Waals surface area contributed by atoms with Crippen molar-refractivity contribution < 1.29 is 0 Å². The van der Waals surface area contributed by atoms with Crippen molar-refractivity contribution in [3.05, 3.63) is 59.4 Å². The Morgan fingerprint density at radius 1 is 0.931 bits per heavy atom. The number of rotatable bonds is 5. The summed E-state index contributed by atoms with van der Waals surface area (Å²) in [7, 11) is 2.15. The number of hydrogen-bond acceptors (Lipinski definition) is 7. The average molecular weight is 410 g/mol. The first-order chi connectivity index (χ1) is 14.1. The predicted octanol–water partition coefficient (Wildman–Crippen LogP) is 4.07. The fourth-order valence-corrected chi connectivity index (χ4v) is 3.32. The molecule has 4 rings (SSSR count). The van der Waals surface area contributed by atoms with Gasteiger partial charge in [-0.05, 0) is 37.7 Å². The van der Waals surface area contributed by atoms with Gasteiger partial charge in [-0.3, -0.25) is 0 Å². The number of aromatic nitrogens is 3. The summed E-state index contributed by atoms with van der Waals surface area (Å²) in [6.45, 7) is 6.19. The molecule has 2 aromatic heterocycles. The van der Waals surface area contributed by atoms with Crippen molar-refractivity contribution >= 4 is 40.6 Å². The van der Waals surface area contributed by atoms with Crippen molar-refractivity contribution in [2.45, 2.75) is 6.92 Å². The van der Waals surface area contributed by atoms with Crippen LogP contribution in [-0.2, 0) is 0 Å². The van der Waals surface area contributed by atoms with Gasteiger partial charge in [-0.1, -0.05) is 29.8 Å². The quantitative estimate of drug-likeness (QED) is 0.658. The van der Waals surface area contributed by atoms with Crippen LogP contribution in [0.4, 0.5) is 29.0 Å². The smallest absolute Gasteiger partial charge is 0.230 e. The maximum atomic E-state index is 6.28. The summed E-state index contributed by atoms with van der Waals surface area (Å²) < 4.78 is 0. The number of nitrogens with one attached hydrogen (secondary N) is 2. The molecular formula is C21H24ClN7. The first-order valence-corrected chi connectivity index (χ1v) is 9.98. The molecule has 29 heavy (non-hydrogen) atoms. The SMILES string of the molecule is Cc1ccccc1Nc1nc(Nc2ccc(N3CCN(C)CC3)cn2)ncc1Cl. The summed E-state index contributed by atoms with van der Waals surface area (Å²) in [5.41, 5.74) is 3.19. The molecule has 3 heterocycles. The van der Waals surface area contributed by atoms with E-state index in [-0.39, 0.29) is 0 Å². The Hall–Kier alpha value is -2.90. The molecule has 7 nitrogen and oxygen atoms in total. The fourth-order valence-electron chi connectivity index (χ4n) is 3.18. The maximum absolute atomic E-state index is 6.28. The lowest BCUT2D eigenvalue weighted by Gasteiger charge is -2.33. The molecule has 1 fully saturated rings. The number of hydrogen-bond donors (Lipinski definition) is 2. The van der Waals surface area contributed by atoms with Crippen LogP contribution in [0.2, 0.25) is 5.02 Å². The molecule has 3 aromatic rings. The zero-order valence-corrected chi connectivity index (χ0v) is 17.3. The highest BCUT2D eigenvalue weighted by Gasteiger charge is 2.14. The molecule has 0 bridgehead atoms. The minimum absolute atomic E-state index is 0.435. The van der Waals surface area contributed by atoms with Gasteiger partial charge in [0.05, 0.1) is 18.1 Å². The molecule has 0 amide bonds. The third-order valence-corrected chi connectivity index (χ3v) is 5.28. The number of anilines is 5. The van der Waals surface area contributed by atoms with Crippen molar-refractivity contribution in [1.29, 1.82) is 0 Å². The number of para-hydroxylation sites is 1. The lowest BCUT2D eigenvalue weighted by molar-refractivity contribution is 0.313. The fraction of sp³-hybridized carbons (Fsp3) is 0.286. The molecule has 150 valence electrons. The van der Waals surface area contributed by atoms with Crippen LogP contribution in [-0.4, -0.2) is 53.1 Å². The Bertz CT molecular complexity index is 969. The highest BCUT2D eigenvalue weighted by molar-refractivity contribution is 6.32. The van der Waals surface area contributed by atoms with Crippen LogP contribution in [0.15, 0.2) is 48.8 Å². The van der Waals surface area contributed by atoms with Gasteiger partial charge in [0, 0.05) is 31.9 Å². The normalized spacial score (nSPS) is 14.7. The van der Waals surface area contributed by atoms with Gasteiger partial charge in [0.25, 0.3) is 0 Å². The van der Waals surface area contributed by atoms with Gasteiger partial charge in [-0.2, -0.15) is 4.98 Å². The Morgan fingerprint density at radius 3 is 2.45 bits per heavy atom. The number of nitrogens with zero attached hydrogens (tertiary/aromatic N) is 5. The van der Waals surface area contributed by atoms with Gasteiger partial charge in [-0.25, -0.2) is 9.97 Å². The second-order valence-corrected chi connectivity index (χ2v) is 7.55. The van der Waals surface area contributed by atoms with Crippen LogP contribution >= 0.6 is 11.6 Å². The lowest BCUT2D eigenvalue weighted by atomic mass is 10.2. The number of piperazine rings is 1. The molecule has 0 spiro atoms. The Labute approximate surface area is 175 Å². The van der Waals surface area contributed by atoms with Gasteiger partial charge < -0.3 is 20.4 Å². The van der Waals surface area contributed by atoms with Gasteiger partial charge in [0.2, 0.25) is 5.95 Å². The summed E-state index contributed by atoms with van der Waals surface area (Å²) in [6, 6.07) is 12.0. The van der Waals surface area contributed by atoms with E-state index in [1.807, 2.05) is 43.5 Å². The van der Waals surface area contributed by atoms with Gasteiger partial charge >= 0.3 is 0 Å². The summed E-state index contributed by atoms with van der Waals surface area (Å²) in [5.74, 6) is 1.67. The molecule has 2 N–H and O–H groups in total. The van der Waals surface area contributed by atoms with Crippen LogP contribution in [0.1, 0.15) is 5.56 Å². The Balaban J connectivity index is 1.46. The molecule has 1 saturated heterocycles. The van der Waals surface area contributed by atoms with E-state index in [1.165, 1.54) is 0 Å². The molecule has 0 aliphatic carbocycles. The number of likely N-dealkylation sites (N-methyl/N-ethyl adjacent to an activating group) is 1. The lowest BCUT2D eigenvalue weighted by Crippen LogP contribution is -2.44. The van der Waals surface area contributed by atoms with E-state index in [4.69, 9.17) is 11.6 Å². The van der Waals surface area contributed by atoms with Gasteiger partial charge in [0.15, 0.2) is 5.82 Å². The molecule has 1 aliphatic rings. The number of pyridine rings is 1. The average Bonchev–Trinajstić information content (AvgIpc) is 2.73. The van der Waals surface area contributed by atoms with E-state index in [0.29, 0.717) is 22.6 Å². The summed E-state index contributed by atoms with van der Waals surface area (Å²) in [5, 5.41) is 6.87. The van der Waals surface area contributed by atoms with Gasteiger partial charge in [0.1, 0.15) is 10.8 Å². The van der Waals surface area contributed by atoms with E-state index < -0.39 is 0 Å². The van der Waals surface area contributed by atoms with Crippen LogP contribution < -0.4 is 15.5 Å². The molecule has 0 atom stereocenters. The first-order valence-electron chi connectivity index (χ1n) is 9.60. The van der Waals surface area contributed by atoms with Crippen molar-refractivity contribution in [3.63, 3.8) is 0 Å². The summed E-state index contributed by atoms with van der Waals surface area (Å²) in [4.78, 5) is 18.0. The van der Waals surface area contributed by atoms with Gasteiger partial charge in [-0.15, -0.1) is 0 Å². The zero-order valence-electron chi connectivity index (χ0n) is 16.6. The topological polar surface area (TPSA) is 69.2 Å². The molecule has 0 unspecified atom stereocenters. The Morgan fingerprint density at radius 2 is 1.72 bits per heavy atom. The van der Waals surface area contributed by atoms with Crippen molar-refractivity contribution in [2.75, 3.05) is 48.8 Å². The number of halogens is 1. The second kappa shape index (κ2) is 8.63. The predicted molar refractivity (Wildman–Crippen MR) is 119 cm³/mol. The number of aryl methyl sites for hydroxylation is 1. The summed E-state index contributed by atoms with van der Waals surface area (Å²) in [6.07, 6.45) is 3.46. The third-order valence-electron chi connectivity index (χ3n) is 5.00. The molecule has 1 aliphatic heterocycles. The third kappa shape index (κ3) is 4.75. The van der Waals surface area contributed by atoms with Crippen LogP contribution in [0.3, 0.4) is 0 Å². The highest BCUT2D eigenvalue weighted by Crippen LogP contribution is 2.26. The van der Waals surface area contributed by atoms with E-state index in [0.717, 1.165) is 43.1 Å². The van der Waals surface area contributed by atoms with Crippen LogP contribution in [0.5, 0.6) is 0 Å². The van der Waals surface area contributed by atoms with E-state index in [2.05, 4.69) is 48.5 Å². The maximum Gasteiger partial charge on any atom is 0.230 e. The second-order valence-electron chi connectivity index (χ2n) is 7.15.